The van der Waals surface area contributed by atoms with Crippen LogP contribution in [0.25, 0.3) is 15.8 Å². The maximum Gasteiger partial charge on any atom is 0.270 e. The number of carbonyl (C=O) groups is 1. The average Bonchev–Trinajstić information content (AvgIpc) is 3.22. The first-order chi connectivity index (χ1) is 10.3. The van der Waals surface area contributed by atoms with E-state index >= 15 is 0 Å². The van der Waals surface area contributed by atoms with E-state index in [9.17, 15) is 4.79 Å². The summed E-state index contributed by atoms with van der Waals surface area (Å²) in [6.45, 7) is 1.35. The predicted octanol–water partition coefficient (Wildman–Crippen LogP) is 3.77. The summed E-state index contributed by atoms with van der Waals surface area (Å²) in [6, 6.07) is 14.2. The SMILES string of the molecule is O=C(c1cc2sccc2[nH]1)N1CC=C(c2ccccc2)C1. The molecule has 3 heterocycles. The summed E-state index contributed by atoms with van der Waals surface area (Å²) in [5.74, 6) is 0.0700. The van der Waals surface area contributed by atoms with Crippen LogP contribution >= 0.6 is 11.3 Å². The zero-order valence-corrected chi connectivity index (χ0v) is 12.2. The number of carbonyl (C=O) groups excluding carboxylic acids is 1. The van der Waals surface area contributed by atoms with E-state index in [1.807, 2.05) is 40.6 Å². The molecule has 0 aliphatic carbocycles. The first-order valence-corrected chi connectivity index (χ1v) is 7.79. The smallest absolute Gasteiger partial charge is 0.270 e. The van der Waals surface area contributed by atoms with Crippen LogP contribution in [-0.4, -0.2) is 28.9 Å². The van der Waals surface area contributed by atoms with E-state index < -0.39 is 0 Å². The molecule has 0 saturated heterocycles. The summed E-state index contributed by atoms with van der Waals surface area (Å²) < 4.78 is 1.13. The number of hydrogen-bond acceptors (Lipinski definition) is 2. The minimum Gasteiger partial charge on any atom is -0.350 e. The molecule has 21 heavy (non-hydrogen) atoms. The Bertz CT molecular complexity index is 800. The van der Waals surface area contributed by atoms with Crippen molar-refractivity contribution in [2.75, 3.05) is 13.1 Å². The number of thiophene rings is 1. The number of rotatable bonds is 2. The molecule has 1 aromatic carbocycles. The number of benzene rings is 1. The van der Waals surface area contributed by atoms with Crippen LogP contribution in [-0.2, 0) is 0 Å². The quantitative estimate of drug-likeness (QED) is 0.767. The average molecular weight is 294 g/mol. The van der Waals surface area contributed by atoms with Crippen molar-refractivity contribution in [3.05, 3.63) is 65.2 Å². The lowest BCUT2D eigenvalue weighted by Gasteiger charge is -2.15. The standard InChI is InChI=1S/C17H14N2OS/c20-17(15-10-16-14(18-15)7-9-21-16)19-8-6-13(11-19)12-4-2-1-3-5-12/h1-7,9-10,18H,8,11H2. The highest BCUT2D eigenvalue weighted by Crippen LogP contribution is 2.25. The van der Waals surface area contributed by atoms with Crippen LogP contribution in [0.4, 0.5) is 0 Å². The van der Waals surface area contributed by atoms with Gasteiger partial charge in [0.2, 0.25) is 0 Å². The van der Waals surface area contributed by atoms with Gasteiger partial charge in [-0.1, -0.05) is 36.4 Å². The zero-order valence-electron chi connectivity index (χ0n) is 11.4. The van der Waals surface area contributed by atoms with Crippen LogP contribution in [0, 0.1) is 0 Å². The molecule has 1 amide bonds. The maximum atomic E-state index is 12.6. The molecular formula is C17H14N2OS. The minimum absolute atomic E-state index is 0.0700. The lowest BCUT2D eigenvalue weighted by Crippen LogP contribution is -2.29. The molecule has 4 heteroatoms. The Morgan fingerprint density at radius 2 is 2.05 bits per heavy atom. The number of nitrogens with one attached hydrogen (secondary N) is 1. The maximum absolute atomic E-state index is 12.6. The molecule has 3 aromatic rings. The number of aromatic amines is 1. The van der Waals surface area contributed by atoms with E-state index in [4.69, 9.17) is 0 Å². The van der Waals surface area contributed by atoms with Crippen LogP contribution in [0.5, 0.6) is 0 Å². The van der Waals surface area contributed by atoms with Gasteiger partial charge in [0.25, 0.3) is 5.91 Å². The second kappa shape index (κ2) is 4.90. The highest BCUT2D eigenvalue weighted by molar-refractivity contribution is 7.17. The van der Waals surface area contributed by atoms with E-state index in [0.717, 1.165) is 10.2 Å². The van der Waals surface area contributed by atoms with Crippen LogP contribution in [0.15, 0.2) is 53.9 Å². The van der Waals surface area contributed by atoms with Crippen molar-refractivity contribution >= 4 is 33.0 Å². The van der Waals surface area contributed by atoms with E-state index in [0.29, 0.717) is 18.8 Å². The summed E-state index contributed by atoms with van der Waals surface area (Å²) in [5.41, 5.74) is 4.14. The zero-order chi connectivity index (χ0) is 14.2. The topological polar surface area (TPSA) is 36.1 Å². The molecule has 0 saturated carbocycles. The van der Waals surface area contributed by atoms with Gasteiger partial charge in [0.1, 0.15) is 5.69 Å². The van der Waals surface area contributed by atoms with Gasteiger partial charge in [0.15, 0.2) is 0 Å². The van der Waals surface area contributed by atoms with Gasteiger partial charge in [-0.05, 0) is 28.6 Å². The minimum atomic E-state index is 0.0700. The van der Waals surface area contributed by atoms with Crippen LogP contribution in [0.1, 0.15) is 16.1 Å². The molecule has 1 aliphatic rings. The van der Waals surface area contributed by atoms with Crippen LogP contribution in [0.2, 0.25) is 0 Å². The molecule has 2 aromatic heterocycles. The van der Waals surface area contributed by atoms with Crippen molar-refractivity contribution in [2.45, 2.75) is 0 Å². The normalized spacial score (nSPS) is 14.7. The number of hydrogen-bond donors (Lipinski definition) is 1. The van der Waals surface area contributed by atoms with Gasteiger partial charge >= 0.3 is 0 Å². The van der Waals surface area contributed by atoms with E-state index in [2.05, 4.69) is 23.2 Å². The van der Waals surface area contributed by atoms with Gasteiger partial charge in [0.05, 0.1) is 10.2 Å². The van der Waals surface area contributed by atoms with Crippen molar-refractivity contribution in [1.82, 2.24) is 9.88 Å². The van der Waals surface area contributed by atoms with Crippen LogP contribution in [0.3, 0.4) is 0 Å². The van der Waals surface area contributed by atoms with Crippen molar-refractivity contribution in [2.24, 2.45) is 0 Å². The molecule has 0 fully saturated rings. The predicted molar refractivity (Wildman–Crippen MR) is 86.5 cm³/mol. The number of nitrogens with zero attached hydrogens (tertiary/aromatic N) is 1. The highest BCUT2D eigenvalue weighted by Gasteiger charge is 2.22. The van der Waals surface area contributed by atoms with Gasteiger partial charge in [-0.2, -0.15) is 0 Å². The summed E-state index contributed by atoms with van der Waals surface area (Å²) in [7, 11) is 0. The third kappa shape index (κ3) is 2.17. The fraction of sp³-hybridized carbons (Fsp3) is 0.118. The molecule has 0 radical (unpaired) electrons. The van der Waals surface area contributed by atoms with Gasteiger partial charge in [0, 0.05) is 13.1 Å². The number of aromatic nitrogens is 1. The molecule has 0 unspecified atom stereocenters. The Hall–Kier alpha value is -2.33. The van der Waals surface area contributed by atoms with Gasteiger partial charge in [-0.15, -0.1) is 11.3 Å². The Balaban J connectivity index is 1.54. The highest BCUT2D eigenvalue weighted by atomic mass is 32.1. The first kappa shape index (κ1) is 12.4. The van der Waals surface area contributed by atoms with Gasteiger partial charge < -0.3 is 9.88 Å². The largest absolute Gasteiger partial charge is 0.350 e. The molecule has 3 nitrogen and oxygen atoms in total. The van der Waals surface area contributed by atoms with Crippen molar-refractivity contribution in [3.8, 4) is 0 Å². The molecule has 4 rings (SSSR count). The molecule has 1 N–H and O–H groups in total. The first-order valence-electron chi connectivity index (χ1n) is 6.91. The van der Waals surface area contributed by atoms with Gasteiger partial charge in [-0.3, -0.25) is 4.79 Å². The Kier molecular flexibility index (Phi) is 2.89. The second-order valence-electron chi connectivity index (χ2n) is 5.16. The number of H-pyrrole nitrogens is 1. The third-order valence-electron chi connectivity index (χ3n) is 3.82. The summed E-state index contributed by atoms with van der Waals surface area (Å²) in [4.78, 5) is 17.6. The lowest BCUT2D eigenvalue weighted by molar-refractivity contribution is 0.0797. The molecule has 0 spiro atoms. The van der Waals surface area contributed by atoms with E-state index in [1.54, 1.807) is 11.3 Å². The number of amides is 1. The number of fused-ring (bicyclic) bond motifs is 1. The summed E-state index contributed by atoms with van der Waals surface area (Å²) in [5, 5.41) is 2.03. The lowest BCUT2D eigenvalue weighted by atomic mass is 10.1. The van der Waals surface area contributed by atoms with Crippen LogP contribution < -0.4 is 0 Å². The molecular weight excluding hydrogens is 280 g/mol. The van der Waals surface area contributed by atoms with E-state index in [1.165, 1.54) is 11.1 Å². The van der Waals surface area contributed by atoms with Crippen molar-refractivity contribution in [3.63, 3.8) is 0 Å². The Morgan fingerprint density at radius 3 is 2.86 bits per heavy atom. The van der Waals surface area contributed by atoms with Crippen molar-refractivity contribution < 1.29 is 4.79 Å². The van der Waals surface area contributed by atoms with Crippen molar-refractivity contribution in [1.29, 1.82) is 0 Å². The monoisotopic (exact) mass is 294 g/mol. The fourth-order valence-corrected chi connectivity index (χ4v) is 3.49. The molecule has 1 aliphatic heterocycles. The molecule has 104 valence electrons. The molecule has 0 bridgehead atoms. The third-order valence-corrected chi connectivity index (χ3v) is 4.69. The second-order valence-corrected chi connectivity index (χ2v) is 6.11. The molecule has 0 atom stereocenters. The van der Waals surface area contributed by atoms with E-state index in [-0.39, 0.29) is 5.91 Å². The van der Waals surface area contributed by atoms with Gasteiger partial charge in [-0.25, -0.2) is 0 Å². The Labute approximate surface area is 126 Å². The summed E-state index contributed by atoms with van der Waals surface area (Å²) in [6.07, 6.45) is 2.14. The Morgan fingerprint density at radius 1 is 1.19 bits per heavy atom. The fourth-order valence-electron chi connectivity index (χ4n) is 2.71. The summed E-state index contributed by atoms with van der Waals surface area (Å²) >= 11 is 1.65.